The van der Waals surface area contributed by atoms with Gasteiger partial charge in [0.2, 0.25) is 0 Å². The summed E-state index contributed by atoms with van der Waals surface area (Å²) in [6.07, 6.45) is 0. The van der Waals surface area contributed by atoms with Gasteiger partial charge in [-0.3, -0.25) is 0 Å². The van der Waals surface area contributed by atoms with Gasteiger partial charge in [-0.25, -0.2) is 0 Å². The van der Waals surface area contributed by atoms with Crippen molar-refractivity contribution in [3.8, 4) is 16.8 Å². The van der Waals surface area contributed by atoms with E-state index in [-0.39, 0.29) is 0 Å². The Labute approximate surface area is 375 Å². The SMILES string of the molecule is c1ccc(-c2ccc(N(c3ccc(-n4c5ccccc5c5ccccc54)cc3)c3ccc4c(c3)[Si](c3ccccc3)(c3ccccc3)c3ccccc3N4c3ccccc3)cc2)cc1. The maximum absolute atomic E-state index is 2.95. The minimum Gasteiger partial charge on any atom is -0.311 e. The van der Waals surface area contributed by atoms with Crippen molar-refractivity contribution in [2.45, 2.75) is 0 Å². The molecule has 0 atom stereocenters. The highest BCUT2D eigenvalue weighted by molar-refractivity contribution is 7.21. The molecule has 64 heavy (non-hydrogen) atoms. The fourth-order valence-electron chi connectivity index (χ4n) is 10.3. The van der Waals surface area contributed by atoms with Gasteiger partial charge in [-0.2, -0.15) is 0 Å². The van der Waals surface area contributed by atoms with E-state index in [0.29, 0.717) is 0 Å². The van der Waals surface area contributed by atoms with Crippen LogP contribution in [-0.2, 0) is 0 Å². The minimum absolute atomic E-state index is 1.08. The number of hydrogen-bond donors (Lipinski definition) is 0. The highest BCUT2D eigenvalue weighted by Gasteiger charge is 2.49. The molecule has 2 heterocycles. The maximum atomic E-state index is 2.51. The molecule has 0 N–H and O–H groups in total. The molecule has 12 rings (SSSR count). The van der Waals surface area contributed by atoms with Gasteiger partial charge < -0.3 is 14.4 Å². The van der Waals surface area contributed by atoms with Gasteiger partial charge in [0.15, 0.2) is 8.07 Å². The van der Waals surface area contributed by atoms with Crippen LogP contribution in [0.1, 0.15) is 0 Å². The third-order valence-electron chi connectivity index (χ3n) is 13.0. The van der Waals surface area contributed by atoms with Crippen LogP contribution in [0.15, 0.2) is 261 Å². The van der Waals surface area contributed by atoms with Gasteiger partial charge in [0.25, 0.3) is 0 Å². The second kappa shape index (κ2) is 15.6. The molecule has 1 aliphatic rings. The van der Waals surface area contributed by atoms with Crippen molar-refractivity contribution in [2.75, 3.05) is 9.80 Å². The molecule has 0 bridgehead atoms. The van der Waals surface area contributed by atoms with E-state index in [1.165, 1.54) is 65.1 Å². The summed E-state index contributed by atoms with van der Waals surface area (Å²) in [5, 5.41) is 7.94. The summed E-state index contributed by atoms with van der Waals surface area (Å²) in [5.74, 6) is 0. The Balaban J connectivity index is 1.10. The first-order valence-electron chi connectivity index (χ1n) is 22.0. The molecule has 0 fully saturated rings. The Morgan fingerprint density at radius 3 is 1.38 bits per heavy atom. The molecule has 0 radical (unpaired) electrons. The van der Waals surface area contributed by atoms with Crippen molar-refractivity contribution in [1.82, 2.24) is 4.57 Å². The van der Waals surface area contributed by atoms with Crippen molar-refractivity contribution in [2.24, 2.45) is 0 Å². The molecule has 302 valence electrons. The lowest BCUT2D eigenvalue weighted by Gasteiger charge is -2.45. The summed E-state index contributed by atoms with van der Waals surface area (Å²) in [4.78, 5) is 4.91. The number of benzene rings is 10. The van der Waals surface area contributed by atoms with Crippen molar-refractivity contribution < 1.29 is 0 Å². The summed E-state index contributed by atoms with van der Waals surface area (Å²) < 4.78 is 2.39. The molecular formula is C60H43N3Si. The summed E-state index contributed by atoms with van der Waals surface area (Å²) in [7, 11) is -2.95. The minimum atomic E-state index is -2.95. The number of hydrogen-bond acceptors (Lipinski definition) is 2. The first-order valence-corrected chi connectivity index (χ1v) is 24.0. The molecule has 3 nitrogen and oxygen atoms in total. The average molecular weight is 834 g/mol. The van der Waals surface area contributed by atoms with Crippen LogP contribution in [0.3, 0.4) is 0 Å². The van der Waals surface area contributed by atoms with Crippen LogP contribution in [0.25, 0.3) is 38.6 Å². The second-order valence-electron chi connectivity index (χ2n) is 16.5. The van der Waals surface area contributed by atoms with Crippen LogP contribution in [0.2, 0.25) is 0 Å². The van der Waals surface area contributed by atoms with E-state index >= 15 is 0 Å². The highest BCUT2D eigenvalue weighted by atomic mass is 28.3. The standard InChI is InChI=1S/C60H43N3Si/c1-5-19-44(20-6-1)45-33-35-47(36-34-45)61(48-37-39-49(40-38-48)62-55-29-15-13-27-53(55)54-28-14-16-30-56(54)62)50-41-42-58-60(43-50)64(51-23-9-3-10-24-51,52-25-11-4-12-26-52)59-32-18-17-31-57(59)63(58)46-21-7-2-8-22-46/h1-43H. The third kappa shape index (κ3) is 6.03. The van der Waals surface area contributed by atoms with Crippen LogP contribution >= 0.6 is 0 Å². The lowest BCUT2D eigenvalue weighted by Crippen LogP contribution is -2.77. The third-order valence-corrected chi connectivity index (χ3v) is 17.9. The van der Waals surface area contributed by atoms with Crippen molar-refractivity contribution in [3.63, 3.8) is 0 Å². The number of para-hydroxylation sites is 4. The molecular weight excluding hydrogens is 791 g/mol. The largest absolute Gasteiger partial charge is 0.311 e. The summed E-state index contributed by atoms with van der Waals surface area (Å²) >= 11 is 0. The van der Waals surface area contributed by atoms with Gasteiger partial charge in [-0.15, -0.1) is 0 Å². The molecule has 0 saturated heterocycles. The average Bonchev–Trinajstić information content (AvgIpc) is 3.71. The summed E-state index contributed by atoms with van der Waals surface area (Å²) in [6.45, 7) is 0. The van der Waals surface area contributed by atoms with Gasteiger partial charge in [-0.1, -0.05) is 176 Å². The van der Waals surface area contributed by atoms with Gasteiger partial charge >= 0.3 is 0 Å². The summed E-state index contributed by atoms with van der Waals surface area (Å²) in [5.41, 5.74) is 12.8. The van der Waals surface area contributed by atoms with Crippen molar-refractivity contribution in [1.29, 1.82) is 0 Å². The van der Waals surface area contributed by atoms with Crippen molar-refractivity contribution >= 4 is 84.8 Å². The molecule has 0 aliphatic carbocycles. The second-order valence-corrected chi connectivity index (χ2v) is 20.2. The van der Waals surface area contributed by atoms with Gasteiger partial charge in [0, 0.05) is 50.6 Å². The van der Waals surface area contributed by atoms with Gasteiger partial charge in [0.05, 0.1) is 11.0 Å². The smallest absolute Gasteiger partial charge is 0.184 e. The highest BCUT2D eigenvalue weighted by Crippen LogP contribution is 2.42. The quantitative estimate of drug-likeness (QED) is 0.141. The monoisotopic (exact) mass is 833 g/mol. The number of rotatable bonds is 8. The number of nitrogens with zero attached hydrogens (tertiary/aromatic N) is 3. The molecule has 0 amide bonds. The van der Waals surface area contributed by atoms with Crippen LogP contribution in [0, 0.1) is 0 Å². The zero-order chi connectivity index (χ0) is 42.5. The number of aromatic nitrogens is 1. The van der Waals surface area contributed by atoms with Crippen LogP contribution < -0.4 is 30.5 Å². The van der Waals surface area contributed by atoms with E-state index in [9.17, 15) is 0 Å². The zero-order valence-electron chi connectivity index (χ0n) is 35.2. The number of fused-ring (bicyclic) bond motifs is 5. The number of anilines is 6. The van der Waals surface area contributed by atoms with Gasteiger partial charge in [0.1, 0.15) is 0 Å². The molecule has 1 aliphatic heterocycles. The first kappa shape index (κ1) is 37.6. The van der Waals surface area contributed by atoms with Crippen LogP contribution in [0.4, 0.5) is 34.1 Å². The van der Waals surface area contributed by atoms with E-state index in [0.717, 1.165) is 28.4 Å². The Hall–Kier alpha value is -8.18. The molecule has 10 aromatic carbocycles. The lowest BCUT2D eigenvalue weighted by molar-refractivity contribution is 1.17. The Morgan fingerprint density at radius 1 is 0.312 bits per heavy atom. The molecule has 0 unspecified atom stereocenters. The maximum Gasteiger partial charge on any atom is 0.184 e. The Morgan fingerprint density at radius 2 is 0.766 bits per heavy atom. The fraction of sp³-hybridized carbons (Fsp3) is 0. The van der Waals surface area contributed by atoms with Crippen molar-refractivity contribution in [3.05, 3.63) is 261 Å². The van der Waals surface area contributed by atoms with E-state index < -0.39 is 8.07 Å². The van der Waals surface area contributed by atoms with E-state index in [1.54, 1.807) is 0 Å². The lowest BCUT2D eigenvalue weighted by atomic mass is 10.0. The molecule has 0 spiro atoms. The predicted molar refractivity (Wildman–Crippen MR) is 273 cm³/mol. The van der Waals surface area contributed by atoms with Gasteiger partial charge in [-0.05, 0) is 117 Å². The molecule has 1 aromatic heterocycles. The van der Waals surface area contributed by atoms with E-state index in [2.05, 4.69) is 275 Å². The van der Waals surface area contributed by atoms with E-state index in [1.807, 2.05) is 0 Å². The molecule has 11 aromatic rings. The Kier molecular flexibility index (Phi) is 9.17. The van der Waals surface area contributed by atoms with Crippen LogP contribution in [0.5, 0.6) is 0 Å². The fourth-order valence-corrected chi connectivity index (χ4v) is 15.4. The van der Waals surface area contributed by atoms with Crippen LogP contribution in [-0.4, -0.2) is 12.6 Å². The molecule has 0 saturated carbocycles. The molecule has 4 heteroatoms. The summed E-state index contributed by atoms with van der Waals surface area (Å²) in [6, 6.07) is 96.0. The van der Waals surface area contributed by atoms with E-state index in [4.69, 9.17) is 0 Å². The predicted octanol–water partition coefficient (Wildman–Crippen LogP) is 13.1. The Bertz CT molecular complexity index is 3330. The zero-order valence-corrected chi connectivity index (χ0v) is 36.2. The topological polar surface area (TPSA) is 11.4 Å². The first-order chi connectivity index (χ1) is 31.8. The normalized spacial score (nSPS) is 12.8.